The Morgan fingerprint density at radius 1 is 0.667 bits per heavy atom. The molecule has 0 fully saturated rings. The van der Waals surface area contributed by atoms with E-state index in [-0.39, 0.29) is 0 Å². The van der Waals surface area contributed by atoms with Gasteiger partial charge in [0, 0.05) is 37.5 Å². The summed E-state index contributed by atoms with van der Waals surface area (Å²) in [5.74, 6) is -1.74. The average molecular weight is 521 g/mol. The highest BCUT2D eigenvalue weighted by molar-refractivity contribution is 7.91. The van der Waals surface area contributed by atoms with Crippen LogP contribution in [0.2, 0.25) is 0 Å². The van der Waals surface area contributed by atoms with Gasteiger partial charge in [0.05, 0.1) is 4.90 Å². The number of rotatable bonds is 2. The highest BCUT2D eigenvalue weighted by Crippen LogP contribution is 2.16. The van der Waals surface area contributed by atoms with Crippen molar-refractivity contribution in [3.05, 3.63) is 29.8 Å². The average Bonchev–Trinajstić information content (AvgIpc) is 2.29. The fraction of sp³-hybridized carbons (Fsp3) is 0.600. The van der Waals surface area contributed by atoms with Crippen LogP contribution in [0.5, 0.6) is 0 Å². The van der Waals surface area contributed by atoms with Crippen LogP contribution in [0.25, 0.3) is 0 Å². The maximum absolute atomic E-state index is 11.2. The van der Waals surface area contributed by atoms with Crippen LogP contribution in [0.1, 0.15) is 5.56 Å². The minimum absolute atomic E-state index is 0.378. The Morgan fingerprint density at radius 3 is 1.07 bits per heavy atom. The van der Waals surface area contributed by atoms with E-state index in [4.69, 9.17) is 0 Å². The summed E-state index contributed by atoms with van der Waals surface area (Å²) in [6.07, 6.45) is 1.78. The van der Waals surface area contributed by atoms with E-state index in [9.17, 15) is 46.8 Å². The number of halogens is 3. The fourth-order valence-corrected chi connectivity index (χ4v) is 2.31. The number of alkyl halides is 3. The number of hydrogen-bond acceptors (Lipinski definition) is 8. The van der Waals surface area contributed by atoms with Crippen molar-refractivity contribution < 1.29 is 46.8 Å². The molecule has 0 aliphatic rings. The lowest BCUT2D eigenvalue weighted by molar-refractivity contribution is -0.106. The van der Waals surface area contributed by atoms with Crippen LogP contribution in [-0.4, -0.2) is 83.1 Å². The molecule has 0 amide bonds. The van der Waals surface area contributed by atoms with Gasteiger partial charge in [0.25, 0.3) is 0 Å². The molecule has 0 saturated carbocycles. The molecule has 1 rings (SSSR count). The van der Waals surface area contributed by atoms with E-state index in [0.29, 0.717) is 11.2 Å². The first-order valence-electron chi connectivity index (χ1n) is 7.52. The Hall–Kier alpha value is -1.19. The van der Waals surface area contributed by atoms with Gasteiger partial charge in [-0.3, -0.25) is 0 Å². The van der Waals surface area contributed by atoms with E-state index in [1.807, 2.05) is 6.92 Å². The van der Waals surface area contributed by atoms with Gasteiger partial charge in [-0.15, -0.1) is 0 Å². The first kappa shape index (κ1) is 33.4. The molecule has 0 radical (unpaired) electrons. The fourth-order valence-electron chi connectivity index (χ4n) is 1.08. The maximum Gasteiger partial charge on any atom is 0.402 e. The van der Waals surface area contributed by atoms with Gasteiger partial charge in [0.15, 0.2) is 19.7 Å². The molecule has 0 unspecified atom stereocenters. The van der Waals surface area contributed by atoms with Gasteiger partial charge < -0.3 is 0 Å². The molecular weight excluding hydrogens is 493 g/mol. The standard InChI is InChI=1S/C8H10O2S.C3H5F3O2S.2C2H6O2S/c1-7-3-5-8(6-4-7)11(2,9)10;1-9(7,8)2-3(4,5)6;2*1-5(2,3)4/h3-6H,1-2H3;2H2,1H3;2*1-2H3. The van der Waals surface area contributed by atoms with Crippen molar-refractivity contribution in [1.82, 2.24) is 0 Å². The highest BCUT2D eigenvalue weighted by atomic mass is 32.2. The number of hydrogen-bond donors (Lipinski definition) is 0. The third-order valence-electron chi connectivity index (χ3n) is 1.87. The van der Waals surface area contributed by atoms with Crippen molar-refractivity contribution in [2.24, 2.45) is 0 Å². The van der Waals surface area contributed by atoms with Crippen LogP contribution in [0.15, 0.2) is 29.2 Å². The number of aryl methyl sites for hydroxylation is 1. The molecule has 0 N–H and O–H groups in total. The van der Waals surface area contributed by atoms with Crippen molar-refractivity contribution in [2.75, 3.05) is 43.3 Å². The predicted octanol–water partition coefficient (Wildman–Crippen LogP) is 1.31. The van der Waals surface area contributed by atoms with E-state index in [0.717, 1.165) is 30.6 Å². The summed E-state index contributed by atoms with van der Waals surface area (Å²) in [6, 6.07) is 6.81. The molecule has 180 valence electrons. The van der Waals surface area contributed by atoms with Gasteiger partial charge in [-0.25, -0.2) is 33.7 Å². The van der Waals surface area contributed by atoms with Gasteiger partial charge in [0.1, 0.15) is 25.4 Å². The molecule has 1 aromatic rings. The minimum Gasteiger partial charge on any atom is -0.229 e. The normalized spacial score (nSPS) is 12.2. The van der Waals surface area contributed by atoms with Crippen LogP contribution >= 0.6 is 0 Å². The maximum atomic E-state index is 11.2. The van der Waals surface area contributed by atoms with E-state index in [1.54, 1.807) is 24.3 Å². The molecule has 0 heterocycles. The third kappa shape index (κ3) is 41.2. The molecule has 0 saturated heterocycles. The Balaban J connectivity index is -0.000000346. The summed E-state index contributed by atoms with van der Waals surface area (Å²) in [7, 11) is -12.3. The quantitative estimate of drug-likeness (QED) is 0.569. The van der Waals surface area contributed by atoms with Crippen LogP contribution in [0.4, 0.5) is 13.2 Å². The summed E-state index contributed by atoms with van der Waals surface area (Å²) >= 11 is 0. The number of benzene rings is 1. The van der Waals surface area contributed by atoms with Crippen molar-refractivity contribution in [2.45, 2.75) is 18.0 Å². The third-order valence-corrected chi connectivity index (χ3v) is 3.86. The molecule has 30 heavy (non-hydrogen) atoms. The summed E-state index contributed by atoms with van der Waals surface area (Å²) in [5.41, 5.74) is 1.07. The zero-order valence-electron chi connectivity index (χ0n) is 17.5. The monoisotopic (exact) mass is 520 g/mol. The summed E-state index contributed by atoms with van der Waals surface area (Å²) in [4.78, 5) is 0.378. The Labute approximate surface area is 177 Å². The first-order chi connectivity index (χ1) is 12.7. The van der Waals surface area contributed by atoms with E-state index in [2.05, 4.69) is 0 Å². The molecular formula is C15H27F3O8S4. The minimum atomic E-state index is -4.60. The van der Waals surface area contributed by atoms with Crippen LogP contribution in [-0.2, 0) is 39.3 Å². The molecule has 0 bridgehead atoms. The van der Waals surface area contributed by atoms with Crippen LogP contribution < -0.4 is 0 Å². The summed E-state index contributed by atoms with van der Waals surface area (Å²) in [5, 5.41) is 0. The lowest BCUT2D eigenvalue weighted by atomic mass is 10.2. The van der Waals surface area contributed by atoms with Gasteiger partial charge in [-0.05, 0) is 19.1 Å². The van der Waals surface area contributed by atoms with Crippen molar-refractivity contribution in [1.29, 1.82) is 0 Å². The zero-order valence-corrected chi connectivity index (χ0v) is 20.8. The molecule has 0 aromatic heterocycles. The predicted molar refractivity (Wildman–Crippen MR) is 112 cm³/mol. The van der Waals surface area contributed by atoms with Crippen LogP contribution in [0, 0.1) is 6.92 Å². The topological polar surface area (TPSA) is 137 Å². The second kappa shape index (κ2) is 12.6. The van der Waals surface area contributed by atoms with E-state index < -0.39 is 51.3 Å². The molecule has 0 aliphatic heterocycles. The van der Waals surface area contributed by atoms with Gasteiger partial charge >= 0.3 is 6.18 Å². The molecule has 0 atom stereocenters. The van der Waals surface area contributed by atoms with E-state index >= 15 is 0 Å². The lowest BCUT2D eigenvalue weighted by Crippen LogP contribution is -2.21. The molecule has 1 aromatic carbocycles. The zero-order chi connectivity index (χ0) is 25.2. The van der Waals surface area contributed by atoms with Crippen molar-refractivity contribution >= 4 is 39.3 Å². The second-order valence-electron chi connectivity index (χ2n) is 6.56. The second-order valence-corrected chi connectivity index (χ2v) is 15.3. The first-order valence-corrected chi connectivity index (χ1v) is 16.1. The highest BCUT2D eigenvalue weighted by Gasteiger charge is 2.32. The molecule has 0 aliphatic carbocycles. The summed E-state index contributed by atoms with van der Waals surface area (Å²) in [6.45, 7) is 1.92. The van der Waals surface area contributed by atoms with Crippen molar-refractivity contribution in [3.8, 4) is 0 Å². The molecule has 8 nitrogen and oxygen atoms in total. The number of sulfone groups is 4. The Morgan fingerprint density at radius 2 is 0.933 bits per heavy atom. The molecule has 15 heteroatoms. The van der Waals surface area contributed by atoms with E-state index in [1.165, 1.54) is 6.26 Å². The smallest absolute Gasteiger partial charge is 0.229 e. The SMILES string of the molecule is CS(=O)(=O)CC(F)(F)F.CS(C)(=O)=O.CS(C)(=O)=O.Cc1ccc(S(C)(=O)=O)cc1. The Bertz CT molecular complexity index is 1010. The van der Waals surface area contributed by atoms with Gasteiger partial charge in [-0.2, -0.15) is 13.2 Å². The lowest BCUT2D eigenvalue weighted by Gasteiger charge is -2.01. The van der Waals surface area contributed by atoms with Crippen LogP contribution in [0.3, 0.4) is 0 Å². The van der Waals surface area contributed by atoms with Gasteiger partial charge in [0.2, 0.25) is 0 Å². The van der Waals surface area contributed by atoms with Gasteiger partial charge in [-0.1, -0.05) is 17.7 Å². The molecule has 0 spiro atoms. The largest absolute Gasteiger partial charge is 0.402 e. The van der Waals surface area contributed by atoms with Crippen molar-refractivity contribution in [3.63, 3.8) is 0 Å². The summed E-state index contributed by atoms with van der Waals surface area (Å²) < 4.78 is 114. The Kier molecular flexibility index (Phi) is 14.1.